The summed E-state index contributed by atoms with van der Waals surface area (Å²) >= 11 is 0. The van der Waals surface area contributed by atoms with Gasteiger partial charge in [0.15, 0.2) is 0 Å². The van der Waals surface area contributed by atoms with Crippen molar-refractivity contribution in [2.45, 2.75) is 31.2 Å². The zero-order valence-electron chi connectivity index (χ0n) is 8.51. The lowest BCUT2D eigenvalue weighted by Crippen LogP contribution is -2.55. The highest BCUT2D eigenvalue weighted by atomic mass is 16.1. The predicted molar refractivity (Wildman–Crippen MR) is 54.8 cm³/mol. The van der Waals surface area contributed by atoms with E-state index in [1.165, 1.54) is 6.42 Å². The molecule has 1 heterocycles. The second kappa shape index (κ2) is 3.87. The molecule has 4 N–H and O–H groups in total. The number of amides is 1. The van der Waals surface area contributed by atoms with E-state index in [9.17, 15) is 4.79 Å². The van der Waals surface area contributed by atoms with E-state index in [0.29, 0.717) is 6.54 Å². The smallest absolute Gasteiger partial charge is 0.224 e. The molecule has 4 nitrogen and oxygen atoms in total. The molecule has 0 aromatic carbocycles. The Kier molecular flexibility index (Phi) is 2.74. The molecule has 1 saturated heterocycles. The Morgan fingerprint density at radius 1 is 1.57 bits per heavy atom. The number of nitrogens with one attached hydrogen (secondary N) is 2. The highest BCUT2D eigenvalue weighted by Crippen LogP contribution is 2.28. The maximum Gasteiger partial charge on any atom is 0.224 e. The lowest BCUT2D eigenvalue weighted by molar-refractivity contribution is -0.124. The van der Waals surface area contributed by atoms with Gasteiger partial charge in [-0.2, -0.15) is 0 Å². The first-order valence-electron chi connectivity index (χ1n) is 5.47. The first-order chi connectivity index (χ1) is 6.70. The third kappa shape index (κ3) is 2.07. The Balaban J connectivity index is 1.71. The molecule has 0 aromatic rings. The van der Waals surface area contributed by atoms with Gasteiger partial charge >= 0.3 is 0 Å². The molecule has 2 rings (SSSR count). The molecule has 1 aliphatic carbocycles. The third-order valence-corrected chi connectivity index (χ3v) is 3.40. The number of carbonyl (C=O) groups is 1. The Bertz CT molecular complexity index is 219. The van der Waals surface area contributed by atoms with Crippen LogP contribution in [0.4, 0.5) is 0 Å². The number of rotatable bonds is 3. The number of carbonyl (C=O) groups excluding carboxylic acids is 1. The molecule has 0 radical (unpaired) electrons. The molecular weight excluding hydrogens is 178 g/mol. The summed E-state index contributed by atoms with van der Waals surface area (Å²) in [5.74, 6) is 0.338. The molecule has 4 heteroatoms. The van der Waals surface area contributed by atoms with Gasteiger partial charge in [0.25, 0.3) is 0 Å². The number of hydrogen-bond donors (Lipinski definition) is 3. The van der Waals surface area contributed by atoms with Crippen molar-refractivity contribution in [2.75, 3.05) is 19.6 Å². The van der Waals surface area contributed by atoms with Gasteiger partial charge in [-0.25, -0.2) is 0 Å². The van der Waals surface area contributed by atoms with Crippen molar-refractivity contribution in [2.24, 2.45) is 11.7 Å². The molecular formula is C10H19N3O. The minimum atomic E-state index is -0.0955. The van der Waals surface area contributed by atoms with E-state index in [2.05, 4.69) is 10.6 Å². The summed E-state index contributed by atoms with van der Waals surface area (Å²) in [6.45, 7) is 2.44. The number of nitrogens with two attached hydrogens (primary N) is 1. The summed E-state index contributed by atoms with van der Waals surface area (Å²) in [5.41, 5.74) is 5.92. The van der Waals surface area contributed by atoms with Gasteiger partial charge in [0.05, 0.1) is 5.92 Å². The van der Waals surface area contributed by atoms with Gasteiger partial charge in [-0.1, -0.05) is 0 Å². The van der Waals surface area contributed by atoms with Crippen LogP contribution in [0.2, 0.25) is 0 Å². The molecule has 1 atom stereocenters. The highest BCUT2D eigenvalue weighted by Gasteiger charge is 2.33. The summed E-state index contributed by atoms with van der Waals surface area (Å²) < 4.78 is 0. The van der Waals surface area contributed by atoms with Crippen LogP contribution >= 0.6 is 0 Å². The van der Waals surface area contributed by atoms with Gasteiger partial charge in [-0.3, -0.25) is 4.79 Å². The van der Waals surface area contributed by atoms with Crippen LogP contribution in [0.1, 0.15) is 25.7 Å². The fraction of sp³-hybridized carbons (Fsp3) is 0.900. The van der Waals surface area contributed by atoms with Crippen LogP contribution in [0.5, 0.6) is 0 Å². The molecule has 0 bridgehead atoms. The molecule has 1 amide bonds. The quantitative estimate of drug-likeness (QED) is 0.576. The van der Waals surface area contributed by atoms with Crippen LogP contribution in [0.25, 0.3) is 0 Å². The highest BCUT2D eigenvalue weighted by molar-refractivity contribution is 5.79. The predicted octanol–water partition coefficient (Wildman–Crippen LogP) is -0.407. The van der Waals surface area contributed by atoms with E-state index in [1.54, 1.807) is 0 Å². The summed E-state index contributed by atoms with van der Waals surface area (Å²) in [5, 5.41) is 6.15. The van der Waals surface area contributed by atoms with Crippen LogP contribution in [0, 0.1) is 5.92 Å². The Hall–Kier alpha value is -0.610. The maximum absolute atomic E-state index is 11.6. The minimum Gasteiger partial charge on any atom is -0.354 e. The van der Waals surface area contributed by atoms with Crippen molar-refractivity contribution >= 4 is 5.91 Å². The van der Waals surface area contributed by atoms with E-state index in [0.717, 1.165) is 32.4 Å². The summed E-state index contributed by atoms with van der Waals surface area (Å²) in [6, 6.07) is 0. The summed E-state index contributed by atoms with van der Waals surface area (Å²) in [7, 11) is 0. The molecule has 0 unspecified atom stereocenters. The lowest BCUT2D eigenvalue weighted by Gasteiger charge is -2.38. The molecule has 0 spiro atoms. The first-order valence-corrected chi connectivity index (χ1v) is 5.47. The maximum atomic E-state index is 11.6. The van der Waals surface area contributed by atoms with E-state index in [-0.39, 0.29) is 17.4 Å². The summed E-state index contributed by atoms with van der Waals surface area (Å²) in [4.78, 5) is 11.6. The molecule has 1 saturated carbocycles. The third-order valence-electron chi connectivity index (χ3n) is 3.40. The van der Waals surface area contributed by atoms with Crippen LogP contribution in [-0.4, -0.2) is 31.1 Å². The van der Waals surface area contributed by atoms with Crippen molar-refractivity contribution in [1.82, 2.24) is 10.6 Å². The van der Waals surface area contributed by atoms with Crippen LogP contribution in [-0.2, 0) is 4.79 Å². The van der Waals surface area contributed by atoms with Crippen LogP contribution in [0.15, 0.2) is 0 Å². The van der Waals surface area contributed by atoms with Crippen LogP contribution < -0.4 is 16.4 Å². The van der Waals surface area contributed by atoms with Crippen molar-refractivity contribution in [3.8, 4) is 0 Å². The van der Waals surface area contributed by atoms with Gasteiger partial charge in [0, 0.05) is 18.6 Å². The van der Waals surface area contributed by atoms with E-state index in [1.807, 2.05) is 0 Å². The van der Waals surface area contributed by atoms with Gasteiger partial charge < -0.3 is 16.4 Å². The zero-order valence-corrected chi connectivity index (χ0v) is 8.51. The standard InChI is InChI=1S/C10H19N3O/c11-10(3-1-4-10)7-13-9(14)8-2-5-12-6-8/h8,12H,1-7,11H2,(H,13,14)/t8-/m0/s1. The molecule has 2 fully saturated rings. The second-order valence-corrected chi connectivity index (χ2v) is 4.62. The SMILES string of the molecule is NC1(CNC(=O)[C@H]2CCNC2)CCC1. The number of hydrogen-bond acceptors (Lipinski definition) is 3. The van der Waals surface area contributed by atoms with Gasteiger partial charge in [0.1, 0.15) is 0 Å². The van der Waals surface area contributed by atoms with Crippen molar-refractivity contribution in [1.29, 1.82) is 0 Å². The molecule has 2 aliphatic rings. The summed E-state index contributed by atoms with van der Waals surface area (Å²) in [6.07, 6.45) is 4.27. The Morgan fingerprint density at radius 3 is 2.86 bits per heavy atom. The van der Waals surface area contributed by atoms with Crippen molar-refractivity contribution < 1.29 is 4.79 Å². The van der Waals surface area contributed by atoms with E-state index in [4.69, 9.17) is 5.73 Å². The Labute approximate surface area is 84.6 Å². The van der Waals surface area contributed by atoms with Crippen LogP contribution in [0.3, 0.4) is 0 Å². The van der Waals surface area contributed by atoms with Crippen molar-refractivity contribution in [3.63, 3.8) is 0 Å². The topological polar surface area (TPSA) is 67.1 Å². The van der Waals surface area contributed by atoms with Gasteiger partial charge in [-0.15, -0.1) is 0 Å². The normalized spacial score (nSPS) is 29.6. The average Bonchev–Trinajstić information content (AvgIpc) is 2.63. The first kappa shape index (κ1) is 9.93. The lowest BCUT2D eigenvalue weighted by atomic mass is 9.77. The van der Waals surface area contributed by atoms with Crippen molar-refractivity contribution in [3.05, 3.63) is 0 Å². The fourth-order valence-corrected chi connectivity index (χ4v) is 2.09. The monoisotopic (exact) mass is 197 g/mol. The minimum absolute atomic E-state index is 0.0955. The Morgan fingerprint density at radius 2 is 2.36 bits per heavy atom. The largest absolute Gasteiger partial charge is 0.354 e. The van der Waals surface area contributed by atoms with E-state index < -0.39 is 0 Å². The molecule has 1 aliphatic heterocycles. The van der Waals surface area contributed by atoms with Gasteiger partial charge in [0.2, 0.25) is 5.91 Å². The van der Waals surface area contributed by atoms with Gasteiger partial charge in [-0.05, 0) is 32.2 Å². The second-order valence-electron chi connectivity index (χ2n) is 4.62. The molecule has 14 heavy (non-hydrogen) atoms. The zero-order chi connectivity index (χ0) is 10.0. The average molecular weight is 197 g/mol. The fourth-order valence-electron chi connectivity index (χ4n) is 2.09. The molecule has 0 aromatic heterocycles. The molecule has 80 valence electrons. The van der Waals surface area contributed by atoms with E-state index >= 15 is 0 Å².